The van der Waals surface area contributed by atoms with Gasteiger partial charge in [0.2, 0.25) is 0 Å². The van der Waals surface area contributed by atoms with Crippen LogP contribution in [0.1, 0.15) is 19.8 Å². The molecular formula is C16H20ClN3O2. The summed E-state index contributed by atoms with van der Waals surface area (Å²) in [4.78, 5) is 14.2. The SMILES string of the molecule is CC#N.Cl.O=c1[nH]ccc2cc(OC3CCNCC3)ccc12. The lowest BCUT2D eigenvalue weighted by Gasteiger charge is -2.23. The molecule has 2 aromatic rings. The molecule has 2 heterocycles. The lowest BCUT2D eigenvalue weighted by molar-refractivity contribution is 0.162. The number of piperidine rings is 1. The summed E-state index contributed by atoms with van der Waals surface area (Å²) < 4.78 is 5.95. The van der Waals surface area contributed by atoms with Crippen LogP contribution in [0.5, 0.6) is 5.75 Å². The van der Waals surface area contributed by atoms with Gasteiger partial charge in [0.05, 0.1) is 6.07 Å². The first-order chi connectivity index (χ1) is 10.2. The third kappa shape index (κ3) is 4.76. The van der Waals surface area contributed by atoms with Gasteiger partial charge in [-0.15, -0.1) is 12.4 Å². The maximum Gasteiger partial charge on any atom is 0.255 e. The normalized spacial score (nSPS) is 14.2. The molecule has 2 N–H and O–H groups in total. The number of hydrogen-bond acceptors (Lipinski definition) is 4. The van der Waals surface area contributed by atoms with Crippen molar-refractivity contribution in [1.82, 2.24) is 10.3 Å². The van der Waals surface area contributed by atoms with E-state index in [1.54, 1.807) is 12.3 Å². The molecule has 6 heteroatoms. The summed E-state index contributed by atoms with van der Waals surface area (Å²) in [6, 6.07) is 9.28. The van der Waals surface area contributed by atoms with E-state index in [4.69, 9.17) is 10.00 Å². The van der Waals surface area contributed by atoms with Crippen LogP contribution < -0.4 is 15.6 Å². The Bertz CT molecular complexity index is 688. The van der Waals surface area contributed by atoms with Crippen LogP contribution in [-0.4, -0.2) is 24.2 Å². The first-order valence-corrected chi connectivity index (χ1v) is 7.04. The van der Waals surface area contributed by atoms with Crippen LogP contribution in [0.3, 0.4) is 0 Å². The van der Waals surface area contributed by atoms with Crippen molar-refractivity contribution >= 4 is 23.2 Å². The largest absolute Gasteiger partial charge is 0.490 e. The Labute approximate surface area is 135 Å². The molecule has 1 aromatic carbocycles. The molecule has 1 aliphatic rings. The van der Waals surface area contributed by atoms with E-state index in [0.29, 0.717) is 5.39 Å². The number of nitrogens with zero attached hydrogens (tertiary/aromatic N) is 1. The highest BCUT2D eigenvalue weighted by Gasteiger charge is 2.14. The average Bonchev–Trinajstić information content (AvgIpc) is 2.49. The third-order valence-corrected chi connectivity index (χ3v) is 3.33. The molecule has 0 bridgehead atoms. The highest BCUT2D eigenvalue weighted by Crippen LogP contribution is 2.21. The molecule has 5 nitrogen and oxygen atoms in total. The van der Waals surface area contributed by atoms with Crippen molar-refractivity contribution < 1.29 is 4.74 Å². The summed E-state index contributed by atoms with van der Waals surface area (Å²) in [6.07, 6.45) is 4.02. The zero-order valence-corrected chi connectivity index (χ0v) is 13.3. The van der Waals surface area contributed by atoms with Gasteiger partial charge in [0.15, 0.2) is 0 Å². The van der Waals surface area contributed by atoms with Gasteiger partial charge in [-0.2, -0.15) is 5.26 Å². The number of ether oxygens (including phenoxy) is 1. The van der Waals surface area contributed by atoms with E-state index in [9.17, 15) is 4.79 Å². The summed E-state index contributed by atoms with van der Waals surface area (Å²) in [5.74, 6) is 0.847. The van der Waals surface area contributed by atoms with Crippen LogP contribution in [0, 0.1) is 11.3 Å². The van der Waals surface area contributed by atoms with E-state index >= 15 is 0 Å². The highest BCUT2D eigenvalue weighted by atomic mass is 35.5. The number of fused-ring (bicyclic) bond motifs is 1. The molecule has 1 fully saturated rings. The molecule has 0 radical (unpaired) electrons. The number of aromatic nitrogens is 1. The lowest BCUT2D eigenvalue weighted by atomic mass is 10.1. The van der Waals surface area contributed by atoms with Crippen LogP contribution in [-0.2, 0) is 0 Å². The predicted octanol–water partition coefficient (Wildman–Crippen LogP) is 2.61. The maximum absolute atomic E-state index is 11.6. The monoisotopic (exact) mass is 321 g/mol. The smallest absolute Gasteiger partial charge is 0.255 e. The summed E-state index contributed by atoms with van der Waals surface area (Å²) >= 11 is 0. The molecule has 22 heavy (non-hydrogen) atoms. The van der Waals surface area contributed by atoms with Crippen molar-refractivity contribution in [2.75, 3.05) is 13.1 Å². The Kier molecular flexibility index (Phi) is 7.44. The molecule has 1 saturated heterocycles. The number of benzene rings is 1. The molecule has 1 aromatic heterocycles. The second kappa shape index (κ2) is 9.08. The third-order valence-electron chi connectivity index (χ3n) is 3.33. The number of aromatic amines is 1. The number of nitrogens with one attached hydrogen (secondary N) is 2. The van der Waals surface area contributed by atoms with E-state index in [1.807, 2.05) is 24.3 Å². The summed E-state index contributed by atoms with van der Waals surface area (Å²) in [7, 11) is 0. The second-order valence-corrected chi connectivity index (χ2v) is 4.85. The van der Waals surface area contributed by atoms with Crippen molar-refractivity contribution in [2.45, 2.75) is 25.9 Å². The molecule has 118 valence electrons. The maximum atomic E-state index is 11.6. The van der Waals surface area contributed by atoms with Gasteiger partial charge in [0.1, 0.15) is 11.9 Å². The van der Waals surface area contributed by atoms with Crippen molar-refractivity contribution in [2.24, 2.45) is 0 Å². The zero-order chi connectivity index (χ0) is 15.1. The van der Waals surface area contributed by atoms with Gasteiger partial charge in [-0.05, 0) is 55.6 Å². The second-order valence-electron chi connectivity index (χ2n) is 4.85. The fourth-order valence-electron chi connectivity index (χ4n) is 2.35. The van der Waals surface area contributed by atoms with E-state index in [0.717, 1.165) is 37.1 Å². The van der Waals surface area contributed by atoms with Crippen LogP contribution in [0.2, 0.25) is 0 Å². The van der Waals surface area contributed by atoms with Gasteiger partial charge in [-0.3, -0.25) is 4.79 Å². The molecular weight excluding hydrogens is 302 g/mol. The summed E-state index contributed by atoms with van der Waals surface area (Å²) in [5.41, 5.74) is -0.0547. The van der Waals surface area contributed by atoms with Crippen LogP contribution in [0.4, 0.5) is 0 Å². The Balaban J connectivity index is 0.000000562. The van der Waals surface area contributed by atoms with E-state index in [2.05, 4.69) is 10.3 Å². The van der Waals surface area contributed by atoms with Crippen molar-refractivity contribution in [3.05, 3.63) is 40.8 Å². The first-order valence-electron chi connectivity index (χ1n) is 7.04. The number of H-pyrrole nitrogens is 1. The van der Waals surface area contributed by atoms with Crippen LogP contribution in [0.15, 0.2) is 35.3 Å². The number of halogens is 1. The van der Waals surface area contributed by atoms with Crippen LogP contribution in [0.25, 0.3) is 10.8 Å². The number of rotatable bonds is 2. The highest BCUT2D eigenvalue weighted by molar-refractivity contribution is 5.85. The molecule has 0 spiro atoms. The fraction of sp³-hybridized carbons (Fsp3) is 0.375. The quantitative estimate of drug-likeness (QED) is 0.891. The van der Waals surface area contributed by atoms with Crippen molar-refractivity contribution in [1.29, 1.82) is 5.26 Å². The molecule has 0 saturated carbocycles. The Morgan fingerprint density at radius 1 is 1.27 bits per heavy atom. The lowest BCUT2D eigenvalue weighted by Crippen LogP contribution is -2.34. The first kappa shape index (κ1) is 18.0. The molecule has 0 atom stereocenters. The van der Waals surface area contributed by atoms with Gasteiger partial charge in [-0.1, -0.05) is 0 Å². The van der Waals surface area contributed by atoms with E-state index < -0.39 is 0 Å². The van der Waals surface area contributed by atoms with Gasteiger partial charge in [0.25, 0.3) is 5.56 Å². The zero-order valence-electron chi connectivity index (χ0n) is 12.5. The van der Waals surface area contributed by atoms with E-state index in [-0.39, 0.29) is 24.1 Å². The predicted molar refractivity (Wildman–Crippen MR) is 89.6 cm³/mol. The standard InChI is InChI=1S/C14H16N2O2.C2H3N.ClH/c17-14-13-2-1-12(9-10(13)3-8-16-14)18-11-4-6-15-7-5-11;1-2-3;/h1-3,8-9,11,15H,4-7H2,(H,16,17);1H3;1H. The Hall–Kier alpha value is -2.03. The van der Waals surface area contributed by atoms with E-state index in [1.165, 1.54) is 6.92 Å². The Morgan fingerprint density at radius 2 is 1.95 bits per heavy atom. The number of hydrogen-bond donors (Lipinski definition) is 2. The van der Waals surface area contributed by atoms with Crippen molar-refractivity contribution in [3.63, 3.8) is 0 Å². The minimum Gasteiger partial charge on any atom is -0.490 e. The summed E-state index contributed by atoms with van der Waals surface area (Å²) in [5, 5.41) is 12.3. The minimum atomic E-state index is -0.0547. The van der Waals surface area contributed by atoms with Gasteiger partial charge < -0.3 is 15.0 Å². The van der Waals surface area contributed by atoms with Crippen LogP contribution >= 0.6 is 12.4 Å². The number of pyridine rings is 1. The molecule has 3 rings (SSSR count). The fourth-order valence-corrected chi connectivity index (χ4v) is 2.35. The molecule has 0 unspecified atom stereocenters. The van der Waals surface area contributed by atoms with Gasteiger partial charge in [0, 0.05) is 18.5 Å². The Morgan fingerprint density at radius 3 is 2.64 bits per heavy atom. The molecule has 1 aliphatic heterocycles. The topological polar surface area (TPSA) is 77.9 Å². The van der Waals surface area contributed by atoms with Gasteiger partial charge >= 0.3 is 0 Å². The average molecular weight is 322 g/mol. The summed E-state index contributed by atoms with van der Waals surface area (Å²) in [6.45, 7) is 3.45. The minimum absolute atomic E-state index is 0. The molecule has 0 amide bonds. The van der Waals surface area contributed by atoms with Crippen molar-refractivity contribution in [3.8, 4) is 11.8 Å². The van der Waals surface area contributed by atoms with Gasteiger partial charge in [-0.25, -0.2) is 0 Å². The molecule has 0 aliphatic carbocycles. The number of nitriles is 1.